The molecule has 0 saturated heterocycles. The number of carboxylic acids is 2. The van der Waals surface area contributed by atoms with Crippen molar-refractivity contribution in [1.29, 1.82) is 0 Å². The molecule has 0 radical (unpaired) electrons. The molecule has 0 bridgehead atoms. The van der Waals surface area contributed by atoms with Crippen LogP contribution in [-0.2, 0) is 42.6 Å². The quantitative estimate of drug-likeness (QED) is 0.503. The summed E-state index contributed by atoms with van der Waals surface area (Å²) in [4.78, 5) is 18.8. The van der Waals surface area contributed by atoms with Gasteiger partial charge >= 0.3 is 33.0 Å². The van der Waals surface area contributed by atoms with Gasteiger partial charge in [-0.05, 0) is 19.8 Å². The van der Waals surface area contributed by atoms with Crippen LogP contribution in [0.3, 0.4) is 0 Å². The Morgan fingerprint density at radius 3 is 1.62 bits per heavy atom. The predicted molar refractivity (Wildman–Crippen MR) is 49.1 cm³/mol. The van der Waals surface area contributed by atoms with Crippen LogP contribution in [0.5, 0.6) is 0 Å². The summed E-state index contributed by atoms with van der Waals surface area (Å²) in [6, 6.07) is 0. The molecule has 16 heavy (non-hydrogen) atoms. The fourth-order valence-electron chi connectivity index (χ4n) is 0.873. The molecule has 0 aromatic heterocycles. The van der Waals surface area contributed by atoms with Gasteiger partial charge in [-0.25, -0.2) is 0 Å². The van der Waals surface area contributed by atoms with E-state index in [-0.39, 0.29) is 39.4 Å². The zero-order valence-corrected chi connectivity index (χ0v) is 11.5. The van der Waals surface area contributed by atoms with Crippen molar-refractivity contribution in [3.05, 3.63) is 0 Å². The van der Waals surface area contributed by atoms with Gasteiger partial charge in [-0.3, -0.25) is 0 Å². The summed E-state index contributed by atoms with van der Waals surface area (Å²) in [5.41, 5.74) is 0. The summed E-state index contributed by atoms with van der Waals surface area (Å²) in [6.07, 6.45) is 5.61. The molecular formula is C10H18Ni2O4+2. The predicted octanol–water partition coefficient (Wildman–Crippen LogP) is -0.152. The molecule has 0 aromatic rings. The molecule has 0 heterocycles. The summed E-state index contributed by atoms with van der Waals surface area (Å²) in [5.74, 6) is -2.00. The Morgan fingerprint density at radius 1 is 0.938 bits per heavy atom. The van der Waals surface area contributed by atoms with E-state index in [1.54, 1.807) is 0 Å². The van der Waals surface area contributed by atoms with Gasteiger partial charge in [0.25, 0.3) is 0 Å². The molecule has 4 nitrogen and oxygen atoms in total. The van der Waals surface area contributed by atoms with Crippen LogP contribution < -0.4 is 10.2 Å². The molecular weight excluding hydrogens is 301 g/mol. The Bertz CT molecular complexity index is 159. The van der Waals surface area contributed by atoms with Gasteiger partial charge < -0.3 is 19.8 Å². The number of unbranched alkanes of at least 4 members (excludes halogenated alkanes) is 4. The second-order valence-corrected chi connectivity index (χ2v) is 3.03. The molecule has 0 saturated carbocycles. The van der Waals surface area contributed by atoms with Gasteiger partial charge in [-0.15, -0.1) is 0 Å². The van der Waals surface area contributed by atoms with E-state index in [9.17, 15) is 9.90 Å². The van der Waals surface area contributed by atoms with Crippen LogP contribution in [0.1, 0.15) is 52.4 Å². The summed E-state index contributed by atoms with van der Waals surface area (Å²) in [7, 11) is 0. The molecule has 0 rings (SSSR count). The minimum Gasteiger partial charge on any atom is -0.550 e. The van der Waals surface area contributed by atoms with E-state index >= 15 is 0 Å². The van der Waals surface area contributed by atoms with Crippen molar-refractivity contribution < 1.29 is 52.8 Å². The third-order valence-corrected chi connectivity index (χ3v) is 1.48. The van der Waals surface area contributed by atoms with Gasteiger partial charge in [-0.2, -0.15) is 0 Å². The number of carbonyl (C=O) groups is 2. The maximum Gasteiger partial charge on any atom is 2.00 e. The maximum atomic E-state index is 9.92. The van der Waals surface area contributed by atoms with Gasteiger partial charge in [-0.1, -0.05) is 32.6 Å². The van der Waals surface area contributed by atoms with Gasteiger partial charge in [0, 0.05) is 11.9 Å². The minimum atomic E-state index is -1.08. The minimum absolute atomic E-state index is 0. The van der Waals surface area contributed by atoms with Crippen molar-refractivity contribution in [1.82, 2.24) is 0 Å². The molecule has 6 heteroatoms. The molecule has 0 aromatic carbocycles. The van der Waals surface area contributed by atoms with Crippen LogP contribution in [0.4, 0.5) is 0 Å². The first kappa shape index (κ1) is 24.9. The van der Waals surface area contributed by atoms with Gasteiger partial charge in [0.1, 0.15) is 0 Å². The average Bonchev–Trinajstić information content (AvgIpc) is 2.02. The standard InChI is InChI=1S/C8H16O2.C2H4O2.2Ni/c1-2-3-4-5-6-7-8(9)10;1-2(3)4;;/h2-7H2,1H3,(H,9,10);1H3,(H,3,4);;/q;;2*+2/p-2. The molecule has 0 amide bonds. The smallest absolute Gasteiger partial charge is 0.550 e. The zero-order chi connectivity index (χ0) is 11.4. The Balaban J connectivity index is -0.000000105. The molecule has 0 unspecified atom stereocenters. The second kappa shape index (κ2) is 20.4. The van der Waals surface area contributed by atoms with E-state index in [0.717, 1.165) is 26.2 Å². The fraction of sp³-hybridized carbons (Fsp3) is 0.800. The Labute approximate surface area is 117 Å². The Hall–Kier alpha value is -0.0730. The van der Waals surface area contributed by atoms with Crippen LogP contribution in [-0.4, -0.2) is 11.9 Å². The van der Waals surface area contributed by atoms with E-state index in [1.165, 1.54) is 12.8 Å². The van der Waals surface area contributed by atoms with Crippen molar-refractivity contribution in [3.63, 3.8) is 0 Å². The largest absolute Gasteiger partial charge is 2.00 e. The summed E-state index contributed by atoms with van der Waals surface area (Å²) >= 11 is 0. The summed E-state index contributed by atoms with van der Waals surface area (Å²) in [5, 5.41) is 18.8. The van der Waals surface area contributed by atoms with Crippen LogP contribution in [0.2, 0.25) is 0 Å². The van der Waals surface area contributed by atoms with E-state index in [2.05, 4.69) is 6.92 Å². The first-order valence-corrected chi connectivity index (χ1v) is 4.88. The normalized spacial score (nSPS) is 7.62. The van der Waals surface area contributed by atoms with Crippen molar-refractivity contribution in [2.24, 2.45) is 0 Å². The third kappa shape index (κ3) is 48.5. The molecule has 0 fully saturated rings. The topological polar surface area (TPSA) is 80.3 Å². The number of hydrogen-bond acceptors (Lipinski definition) is 4. The first-order valence-electron chi connectivity index (χ1n) is 4.88. The maximum absolute atomic E-state index is 9.92. The summed E-state index contributed by atoms with van der Waals surface area (Å²) in [6.45, 7) is 3.11. The van der Waals surface area contributed by atoms with Crippen LogP contribution >= 0.6 is 0 Å². The molecule has 0 aliphatic rings. The van der Waals surface area contributed by atoms with Crippen LogP contribution in [0.25, 0.3) is 0 Å². The molecule has 0 atom stereocenters. The summed E-state index contributed by atoms with van der Waals surface area (Å²) < 4.78 is 0. The number of rotatable bonds is 6. The van der Waals surface area contributed by atoms with E-state index < -0.39 is 11.9 Å². The SMILES string of the molecule is CC(=O)[O-].CCCCCCCC(=O)[O-].[Ni+2].[Ni+2]. The van der Waals surface area contributed by atoms with Crippen molar-refractivity contribution in [2.75, 3.05) is 0 Å². The molecule has 0 N–H and O–H groups in total. The van der Waals surface area contributed by atoms with Gasteiger partial charge in [0.2, 0.25) is 0 Å². The van der Waals surface area contributed by atoms with Gasteiger partial charge in [0.15, 0.2) is 0 Å². The zero-order valence-electron chi connectivity index (χ0n) is 9.51. The van der Waals surface area contributed by atoms with Crippen molar-refractivity contribution in [2.45, 2.75) is 52.4 Å². The number of hydrogen-bond donors (Lipinski definition) is 0. The average molecular weight is 320 g/mol. The Morgan fingerprint density at radius 2 is 1.31 bits per heavy atom. The molecule has 0 aliphatic heterocycles. The van der Waals surface area contributed by atoms with Crippen LogP contribution in [0, 0.1) is 0 Å². The van der Waals surface area contributed by atoms with Crippen molar-refractivity contribution >= 4 is 11.9 Å². The molecule has 0 spiro atoms. The number of aliphatic carboxylic acids is 2. The fourth-order valence-corrected chi connectivity index (χ4v) is 0.873. The number of carboxylic acid groups (broad SMARTS) is 2. The first-order chi connectivity index (χ1) is 6.50. The third-order valence-electron chi connectivity index (χ3n) is 1.48. The molecule has 100 valence electrons. The monoisotopic (exact) mass is 318 g/mol. The Kier molecular flexibility index (Phi) is 31.7. The number of carbonyl (C=O) groups excluding carboxylic acids is 2. The van der Waals surface area contributed by atoms with Crippen molar-refractivity contribution in [3.8, 4) is 0 Å². The second-order valence-electron chi connectivity index (χ2n) is 3.03. The van der Waals surface area contributed by atoms with Gasteiger partial charge in [0.05, 0.1) is 0 Å². The van der Waals surface area contributed by atoms with E-state index in [1.807, 2.05) is 0 Å². The van der Waals surface area contributed by atoms with E-state index in [4.69, 9.17) is 9.90 Å². The molecule has 0 aliphatic carbocycles. The van der Waals surface area contributed by atoms with E-state index in [0.29, 0.717) is 0 Å². The van der Waals surface area contributed by atoms with Crippen LogP contribution in [0.15, 0.2) is 0 Å².